The highest BCUT2D eigenvalue weighted by Crippen LogP contribution is 2.36. The van der Waals surface area contributed by atoms with Gasteiger partial charge in [0.2, 0.25) is 0 Å². The molecule has 1 fully saturated rings. The van der Waals surface area contributed by atoms with Gasteiger partial charge in [0.05, 0.1) is 23.3 Å². The molecule has 1 aromatic rings. The van der Waals surface area contributed by atoms with Crippen LogP contribution >= 0.6 is 0 Å². The van der Waals surface area contributed by atoms with Crippen molar-refractivity contribution >= 4 is 5.69 Å². The highest BCUT2D eigenvalue weighted by Gasteiger charge is 2.35. The molecule has 0 bridgehead atoms. The number of anilines is 1. The third-order valence-corrected chi connectivity index (χ3v) is 3.75. The maximum Gasteiger partial charge on any atom is 0.417 e. The first-order valence-corrected chi connectivity index (χ1v) is 6.89. The van der Waals surface area contributed by atoms with E-state index in [1.807, 2.05) is 4.90 Å². The normalized spacial score (nSPS) is 20.4. The number of hydrogen-bond acceptors (Lipinski definition) is 3. The molecule has 0 aromatic heterocycles. The Kier molecular flexibility index (Phi) is 4.43. The lowest BCUT2D eigenvalue weighted by molar-refractivity contribution is -0.137. The van der Waals surface area contributed by atoms with Gasteiger partial charge in [0.25, 0.3) is 0 Å². The molecule has 114 valence electrons. The van der Waals surface area contributed by atoms with Crippen LogP contribution in [0.3, 0.4) is 0 Å². The molecule has 0 aliphatic carbocycles. The molecule has 1 aromatic carbocycles. The standard InChI is InChI=1S/C15H17F3N2O/c1-10(21)7-12-3-2-6-20(12)13-5-4-11(9-19)14(8-13)15(16,17)18/h4-5,8,10,12,21H,2-3,6-7H2,1H3/t10-,12-/m1/s1. The van der Waals surface area contributed by atoms with Crippen molar-refractivity contribution in [1.82, 2.24) is 0 Å². The number of benzene rings is 1. The Morgan fingerprint density at radius 3 is 2.76 bits per heavy atom. The minimum Gasteiger partial charge on any atom is -0.393 e. The average Bonchev–Trinajstić information content (AvgIpc) is 2.84. The van der Waals surface area contributed by atoms with Crippen molar-refractivity contribution in [2.45, 2.75) is 44.5 Å². The van der Waals surface area contributed by atoms with Crippen LogP contribution in [-0.2, 0) is 6.18 Å². The van der Waals surface area contributed by atoms with Gasteiger partial charge in [0.1, 0.15) is 0 Å². The molecular formula is C15H17F3N2O. The maximum absolute atomic E-state index is 13.0. The molecule has 21 heavy (non-hydrogen) atoms. The summed E-state index contributed by atoms with van der Waals surface area (Å²) in [6, 6.07) is 5.43. The second-order valence-electron chi connectivity index (χ2n) is 5.41. The summed E-state index contributed by atoms with van der Waals surface area (Å²) < 4.78 is 39.0. The van der Waals surface area contributed by atoms with Crippen molar-refractivity contribution in [1.29, 1.82) is 5.26 Å². The summed E-state index contributed by atoms with van der Waals surface area (Å²) in [5.41, 5.74) is -0.799. The fraction of sp³-hybridized carbons (Fsp3) is 0.533. The minimum atomic E-state index is -4.54. The number of halogens is 3. The van der Waals surface area contributed by atoms with E-state index in [9.17, 15) is 18.3 Å². The predicted molar refractivity (Wildman–Crippen MR) is 72.8 cm³/mol. The monoisotopic (exact) mass is 298 g/mol. The molecule has 1 aliphatic heterocycles. The fourth-order valence-corrected chi connectivity index (χ4v) is 2.86. The van der Waals surface area contributed by atoms with Gasteiger partial charge in [-0.3, -0.25) is 0 Å². The molecule has 0 spiro atoms. The third kappa shape index (κ3) is 3.48. The topological polar surface area (TPSA) is 47.3 Å². The Labute approximate surface area is 121 Å². The van der Waals surface area contributed by atoms with Crippen molar-refractivity contribution in [3.8, 4) is 6.07 Å². The quantitative estimate of drug-likeness (QED) is 0.931. The van der Waals surface area contributed by atoms with Gasteiger partial charge in [-0.15, -0.1) is 0 Å². The highest BCUT2D eigenvalue weighted by molar-refractivity contribution is 5.56. The van der Waals surface area contributed by atoms with E-state index in [2.05, 4.69) is 0 Å². The Morgan fingerprint density at radius 1 is 1.48 bits per heavy atom. The van der Waals surface area contributed by atoms with E-state index in [1.54, 1.807) is 19.1 Å². The zero-order valence-corrected chi connectivity index (χ0v) is 11.7. The number of aliphatic hydroxyl groups excluding tert-OH is 1. The van der Waals surface area contributed by atoms with E-state index < -0.39 is 17.8 Å². The SMILES string of the molecule is C[C@@H](O)C[C@H]1CCCN1c1ccc(C#N)c(C(F)(F)F)c1. The first-order valence-electron chi connectivity index (χ1n) is 6.89. The molecule has 1 aliphatic rings. The van der Waals surface area contributed by atoms with E-state index in [-0.39, 0.29) is 11.6 Å². The van der Waals surface area contributed by atoms with Gasteiger partial charge in [-0.25, -0.2) is 0 Å². The van der Waals surface area contributed by atoms with Crippen LogP contribution in [0.1, 0.15) is 37.3 Å². The van der Waals surface area contributed by atoms with Crippen LogP contribution in [-0.4, -0.2) is 23.8 Å². The molecule has 0 saturated carbocycles. The first kappa shape index (κ1) is 15.6. The molecule has 1 heterocycles. The van der Waals surface area contributed by atoms with Crippen LogP contribution in [0.25, 0.3) is 0 Å². The Morgan fingerprint density at radius 2 is 2.19 bits per heavy atom. The van der Waals surface area contributed by atoms with Crippen LogP contribution < -0.4 is 4.90 Å². The first-order chi connectivity index (χ1) is 9.82. The van der Waals surface area contributed by atoms with E-state index in [0.29, 0.717) is 18.7 Å². The van der Waals surface area contributed by atoms with E-state index in [4.69, 9.17) is 5.26 Å². The summed E-state index contributed by atoms with van der Waals surface area (Å²) in [5, 5.41) is 18.3. The largest absolute Gasteiger partial charge is 0.417 e. The highest BCUT2D eigenvalue weighted by atomic mass is 19.4. The second kappa shape index (κ2) is 5.94. The Hall–Kier alpha value is -1.74. The second-order valence-corrected chi connectivity index (χ2v) is 5.41. The Bertz CT molecular complexity index is 549. The smallest absolute Gasteiger partial charge is 0.393 e. The lowest BCUT2D eigenvalue weighted by Gasteiger charge is -2.28. The Balaban J connectivity index is 2.34. The minimum absolute atomic E-state index is 0.0408. The summed E-state index contributed by atoms with van der Waals surface area (Å²) in [5.74, 6) is 0. The number of aliphatic hydroxyl groups is 1. The zero-order chi connectivity index (χ0) is 15.6. The lowest BCUT2D eigenvalue weighted by Crippen LogP contribution is -2.32. The summed E-state index contributed by atoms with van der Waals surface area (Å²) in [7, 11) is 0. The van der Waals surface area contributed by atoms with Crippen LogP contribution in [0.4, 0.5) is 18.9 Å². The number of nitriles is 1. The van der Waals surface area contributed by atoms with Gasteiger partial charge in [-0.2, -0.15) is 18.4 Å². The van der Waals surface area contributed by atoms with Gasteiger partial charge in [-0.1, -0.05) is 0 Å². The molecule has 1 saturated heterocycles. The molecule has 0 unspecified atom stereocenters. The third-order valence-electron chi connectivity index (χ3n) is 3.75. The maximum atomic E-state index is 13.0. The summed E-state index contributed by atoms with van der Waals surface area (Å²) in [6.45, 7) is 2.34. The van der Waals surface area contributed by atoms with Gasteiger partial charge in [0.15, 0.2) is 0 Å². The van der Waals surface area contributed by atoms with E-state index >= 15 is 0 Å². The van der Waals surface area contributed by atoms with Crippen molar-refractivity contribution in [2.24, 2.45) is 0 Å². The number of alkyl halides is 3. The number of nitrogens with zero attached hydrogens (tertiary/aromatic N) is 2. The predicted octanol–water partition coefficient (Wildman–Crippen LogP) is 3.32. The van der Waals surface area contributed by atoms with Gasteiger partial charge < -0.3 is 10.0 Å². The van der Waals surface area contributed by atoms with Crippen molar-refractivity contribution < 1.29 is 18.3 Å². The molecule has 2 rings (SSSR count). The number of rotatable bonds is 3. The van der Waals surface area contributed by atoms with Gasteiger partial charge in [-0.05, 0) is 44.4 Å². The molecule has 6 heteroatoms. The zero-order valence-electron chi connectivity index (χ0n) is 11.7. The summed E-state index contributed by atoms with van der Waals surface area (Å²) in [4.78, 5) is 1.89. The average molecular weight is 298 g/mol. The van der Waals surface area contributed by atoms with Crippen molar-refractivity contribution in [3.05, 3.63) is 29.3 Å². The van der Waals surface area contributed by atoms with Crippen LogP contribution in [0.5, 0.6) is 0 Å². The van der Waals surface area contributed by atoms with E-state index in [0.717, 1.165) is 18.9 Å². The molecule has 0 amide bonds. The summed E-state index contributed by atoms with van der Waals surface area (Å²) in [6.07, 6.45) is -2.76. The van der Waals surface area contributed by atoms with Crippen LogP contribution in [0, 0.1) is 11.3 Å². The lowest BCUT2D eigenvalue weighted by atomic mass is 10.0. The van der Waals surface area contributed by atoms with Crippen LogP contribution in [0.15, 0.2) is 18.2 Å². The molecule has 3 nitrogen and oxygen atoms in total. The van der Waals surface area contributed by atoms with Crippen molar-refractivity contribution in [3.63, 3.8) is 0 Å². The van der Waals surface area contributed by atoms with E-state index in [1.165, 1.54) is 6.07 Å². The van der Waals surface area contributed by atoms with Gasteiger partial charge >= 0.3 is 6.18 Å². The van der Waals surface area contributed by atoms with Gasteiger partial charge in [0, 0.05) is 18.3 Å². The summed E-state index contributed by atoms with van der Waals surface area (Å²) >= 11 is 0. The molecular weight excluding hydrogens is 281 g/mol. The van der Waals surface area contributed by atoms with Crippen molar-refractivity contribution in [2.75, 3.05) is 11.4 Å². The van der Waals surface area contributed by atoms with Crippen LogP contribution in [0.2, 0.25) is 0 Å². The fourth-order valence-electron chi connectivity index (χ4n) is 2.86. The molecule has 1 N–H and O–H groups in total. The number of hydrogen-bond donors (Lipinski definition) is 1. The molecule has 0 radical (unpaired) electrons. The molecule has 2 atom stereocenters.